The van der Waals surface area contributed by atoms with Gasteiger partial charge in [-0.3, -0.25) is 4.68 Å². The number of sulfone groups is 1. The lowest BCUT2D eigenvalue weighted by atomic mass is 10.3. The third-order valence-electron chi connectivity index (χ3n) is 2.77. The minimum Gasteiger partial charge on any atom is -0.398 e. The molecule has 102 valence electrons. The summed E-state index contributed by atoms with van der Waals surface area (Å²) in [4.78, 5) is 0.158. The van der Waals surface area contributed by atoms with Crippen LogP contribution >= 0.6 is 11.6 Å². The van der Waals surface area contributed by atoms with E-state index in [4.69, 9.17) is 17.3 Å². The van der Waals surface area contributed by atoms with Crippen molar-refractivity contribution in [2.24, 2.45) is 7.05 Å². The summed E-state index contributed by atoms with van der Waals surface area (Å²) < 4.78 is 26.1. The van der Waals surface area contributed by atoms with Gasteiger partial charge < -0.3 is 5.73 Å². The Morgan fingerprint density at radius 3 is 2.58 bits per heavy atom. The Balaban J connectivity index is 2.37. The minimum absolute atomic E-state index is 0.120. The van der Waals surface area contributed by atoms with Crippen molar-refractivity contribution in [2.75, 3.05) is 5.73 Å². The molecule has 0 amide bonds. The summed E-state index contributed by atoms with van der Waals surface area (Å²) in [5.41, 5.74) is 7.34. The lowest BCUT2D eigenvalue weighted by Gasteiger charge is -2.06. The Labute approximate surface area is 116 Å². The first-order chi connectivity index (χ1) is 8.79. The SMILES string of the molecule is Cc1cc(CS(=O)(=O)c2ccc(N)c(Cl)c2)n(C)n1. The molecule has 0 aliphatic rings. The zero-order valence-electron chi connectivity index (χ0n) is 10.6. The van der Waals surface area contributed by atoms with Crippen LogP contribution in [0.1, 0.15) is 11.4 Å². The number of benzene rings is 1. The van der Waals surface area contributed by atoms with Gasteiger partial charge in [-0.15, -0.1) is 0 Å². The van der Waals surface area contributed by atoms with Gasteiger partial charge >= 0.3 is 0 Å². The summed E-state index contributed by atoms with van der Waals surface area (Å²) >= 11 is 5.85. The van der Waals surface area contributed by atoms with Crippen molar-refractivity contribution in [3.05, 3.63) is 40.7 Å². The molecule has 2 aromatic rings. The highest BCUT2D eigenvalue weighted by Crippen LogP contribution is 2.24. The molecule has 19 heavy (non-hydrogen) atoms. The second-order valence-corrected chi connectivity index (χ2v) is 6.74. The first kappa shape index (κ1) is 13.9. The van der Waals surface area contributed by atoms with Gasteiger partial charge in [0.2, 0.25) is 0 Å². The molecule has 0 saturated heterocycles. The van der Waals surface area contributed by atoms with E-state index in [9.17, 15) is 8.42 Å². The predicted octanol–water partition coefficient (Wildman–Crippen LogP) is 1.94. The van der Waals surface area contributed by atoms with Crippen LogP contribution in [0.4, 0.5) is 5.69 Å². The van der Waals surface area contributed by atoms with Crippen molar-refractivity contribution in [3.8, 4) is 0 Å². The Kier molecular flexibility index (Phi) is 3.56. The van der Waals surface area contributed by atoms with Gasteiger partial charge in [0.1, 0.15) is 0 Å². The number of aryl methyl sites for hydroxylation is 2. The Morgan fingerprint density at radius 1 is 1.37 bits per heavy atom. The first-order valence-corrected chi connectivity index (χ1v) is 7.60. The average Bonchev–Trinajstić information content (AvgIpc) is 2.60. The number of anilines is 1. The van der Waals surface area contributed by atoms with Gasteiger partial charge in [-0.25, -0.2) is 8.42 Å². The van der Waals surface area contributed by atoms with E-state index < -0.39 is 9.84 Å². The van der Waals surface area contributed by atoms with Gasteiger partial charge in [0, 0.05) is 7.05 Å². The smallest absolute Gasteiger partial charge is 0.184 e. The lowest BCUT2D eigenvalue weighted by Crippen LogP contribution is -2.09. The third kappa shape index (κ3) is 2.90. The molecule has 2 N–H and O–H groups in total. The van der Waals surface area contributed by atoms with E-state index in [1.54, 1.807) is 17.8 Å². The normalized spacial score (nSPS) is 11.7. The summed E-state index contributed by atoms with van der Waals surface area (Å²) in [7, 11) is -1.75. The van der Waals surface area contributed by atoms with Crippen LogP contribution in [0, 0.1) is 6.92 Å². The number of hydrogen-bond acceptors (Lipinski definition) is 4. The number of aromatic nitrogens is 2. The number of nitrogen functional groups attached to an aromatic ring is 1. The Morgan fingerprint density at radius 2 is 2.05 bits per heavy atom. The molecule has 0 aliphatic heterocycles. The highest BCUT2D eigenvalue weighted by molar-refractivity contribution is 7.90. The maximum atomic E-state index is 12.3. The molecule has 1 aromatic heterocycles. The second kappa shape index (κ2) is 4.86. The van der Waals surface area contributed by atoms with Crippen LogP contribution in [-0.4, -0.2) is 18.2 Å². The van der Waals surface area contributed by atoms with E-state index in [-0.39, 0.29) is 15.7 Å². The predicted molar refractivity (Wildman–Crippen MR) is 74.7 cm³/mol. The number of halogens is 1. The third-order valence-corrected chi connectivity index (χ3v) is 4.74. The molecule has 0 bridgehead atoms. The molecule has 0 unspecified atom stereocenters. The Hall–Kier alpha value is -1.53. The van der Waals surface area contributed by atoms with Crippen LogP contribution in [0.15, 0.2) is 29.2 Å². The topological polar surface area (TPSA) is 78.0 Å². The van der Waals surface area contributed by atoms with Crippen molar-refractivity contribution >= 4 is 27.1 Å². The lowest BCUT2D eigenvalue weighted by molar-refractivity contribution is 0.591. The molecule has 1 heterocycles. The van der Waals surface area contributed by atoms with Gasteiger partial charge in [0.15, 0.2) is 9.84 Å². The quantitative estimate of drug-likeness (QED) is 0.879. The Bertz CT molecular complexity index is 723. The highest BCUT2D eigenvalue weighted by atomic mass is 35.5. The van der Waals surface area contributed by atoms with E-state index >= 15 is 0 Å². The molecule has 1 aromatic carbocycles. The maximum absolute atomic E-state index is 12.3. The number of rotatable bonds is 3. The molecular formula is C12H14ClN3O2S. The maximum Gasteiger partial charge on any atom is 0.184 e. The molecule has 2 rings (SSSR count). The van der Waals surface area contributed by atoms with E-state index in [2.05, 4.69) is 5.10 Å². The van der Waals surface area contributed by atoms with Crippen LogP contribution in [0.3, 0.4) is 0 Å². The van der Waals surface area contributed by atoms with Crippen molar-refractivity contribution < 1.29 is 8.42 Å². The molecular weight excluding hydrogens is 286 g/mol. The molecule has 0 radical (unpaired) electrons. The molecule has 0 fully saturated rings. The van der Waals surface area contributed by atoms with Crippen molar-refractivity contribution in [1.29, 1.82) is 0 Å². The van der Waals surface area contributed by atoms with Gasteiger partial charge in [-0.05, 0) is 31.2 Å². The number of nitrogens with two attached hydrogens (primary N) is 1. The van der Waals surface area contributed by atoms with E-state index in [0.29, 0.717) is 11.4 Å². The van der Waals surface area contributed by atoms with Crippen molar-refractivity contribution in [2.45, 2.75) is 17.6 Å². The number of hydrogen-bond donors (Lipinski definition) is 1. The standard InChI is InChI=1S/C12H14ClN3O2S/c1-8-5-9(16(2)15-8)7-19(17,18)10-3-4-12(14)11(13)6-10/h3-6H,7,14H2,1-2H3. The van der Waals surface area contributed by atoms with Gasteiger partial charge in [-0.2, -0.15) is 5.10 Å². The summed E-state index contributed by atoms with van der Waals surface area (Å²) in [6, 6.07) is 6.06. The van der Waals surface area contributed by atoms with Gasteiger partial charge in [0.25, 0.3) is 0 Å². The zero-order chi connectivity index (χ0) is 14.2. The van der Waals surface area contributed by atoms with Crippen LogP contribution in [-0.2, 0) is 22.6 Å². The molecule has 5 nitrogen and oxygen atoms in total. The summed E-state index contributed by atoms with van der Waals surface area (Å²) in [5, 5.41) is 4.36. The summed E-state index contributed by atoms with van der Waals surface area (Å²) in [5.74, 6) is -0.120. The number of nitrogens with zero attached hydrogens (tertiary/aromatic N) is 2. The van der Waals surface area contributed by atoms with Crippen LogP contribution in [0.5, 0.6) is 0 Å². The largest absolute Gasteiger partial charge is 0.398 e. The fourth-order valence-electron chi connectivity index (χ4n) is 1.78. The fourth-order valence-corrected chi connectivity index (χ4v) is 3.42. The van der Waals surface area contributed by atoms with Crippen molar-refractivity contribution in [1.82, 2.24) is 9.78 Å². The van der Waals surface area contributed by atoms with Crippen molar-refractivity contribution in [3.63, 3.8) is 0 Å². The van der Waals surface area contributed by atoms with Crippen LogP contribution in [0.2, 0.25) is 5.02 Å². The van der Waals surface area contributed by atoms with Crippen LogP contribution < -0.4 is 5.73 Å². The van der Waals surface area contributed by atoms with Gasteiger partial charge in [-0.1, -0.05) is 11.6 Å². The average molecular weight is 300 g/mol. The molecule has 0 atom stereocenters. The monoisotopic (exact) mass is 299 g/mol. The molecule has 0 aliphatic carbocycles. The summed E-state index contributed by atoms with van der Waals surface area (Å²) in [6.45, 7) is 1.82. The molecule has 0 spiro atoms. The molecule has 0 saturated carbocycles. The highest BCUT2D eigenvalue weighted by Gasteiger charge is 2.18. The minimum atomic E-state index is -3.46. The fraction of sp³-hybridized carbons (Fsp3) is 0.250. The molecule has 7 heteroatoms. The van der Waals surface area contributed by atoms with Gasteiger partial charge in [0.05, 0.1) is 32.7 Å². The first-order valence-electron chi connectivity index (χ1n) is 5.57. The zero-order valence-corrected chi connectivity index (χ0v) is 12.2. The summed E-state index contributed by atoms with van der Waals surface area (Å²) in [6.07, 6.45) is 0. The van der Waals surface area contributed by atoms with E-state index in [1.807, 2.05) is 6.92 Å². The van der Waals surface area contributed by atoms with Crippen LogP contribution in [0.25, 0.3) is 0 Å². The van der Waals surface area contributed by atoms with E-state index in [0.717, 1.165) is 5.69 Å². The van der Waals surface area contributed by atoms with E-state index in [1.165, 1.54) is 18.2 Å². The second-order valence-electron chi connectivity index (χ2n) is 4.34.